The van der Waals surface area contributed by atoms with Gasteiger partial charge in [0, 0.05) is 6.54 Å². The lowest BCUT2D eigenvalue weighted by molar-refractivity contribution is 0.102. The van der Waals surface area contributed by atoms with Gasteiger partial charge in [-0.05, 0) is 43.2 Å². The number of amides is 1. The summed E-state index contributed by atoms with van der Waals surface area (Å²) in [6.45, 7) is 1.27. The lowest BCUT2D eigenvalue weighted by atomic mass is 10.1. The molecule has 3 heterocycles. The van der Waals surface area contributed by atoms with Crippen LogP contribution in [0.3, 0.4) is 0 Å². The van der Waals surface area contributed by atoms with Crippen LogP contribution in [0.1, 0.15) is 23.2 Å². The van der Waals surface area contributed by atoms with Gasteiger partial charge in [-0.2, -0.15) is 0 Å². The number of pyridine rings is 1. The number of carbonyl (C=O) groups excluding carboxylic acids is 1. The fourth-order valence-electron chi connectivity index (χ4n) is 2.94. The third-order valence-electron chi connectivity index (χ3n) is 4.32. The zero-order valence-electron chi connectivity index (χ0n) is 14.9. The van der Waals surface area contributed by atoms with Crippen LogP contribution in [0.15, 0.2) is 42.7 Å². The first-order valence-electron chi connectivity index (χ1n) is 8.72. The lowest BCUT2D eigenvalue weighted by Gasteiger charge is -2.14. The Bertz CT molecular complexity index is 969. The Morgan fingerprint density at radius 3 is 3.04 bits per heavy atom. The van der Waals surface area contributed by atoms with Crippen LogP contribution in [0.5, 0.6) is 11.5 Å². The van der Waals surface area contributed by atoms with Crippen LogP contribution in [-0.4, -0.2) is 39.4 Å². The highest BCUT2D eigenvalue weighted by Gasteiger charge is 2.17. The predicted molar refractivity (Wildman–Crippen MR) is 98.9 cm³/mol. The minimum atomic E-state index is -0.313. The maximum Gasteiger partial charge on any atom is 0.260 e. The molecule has 0 radical (unpaired) electrons. The molecule has 0 spiro atoms. The van der Waals surface area contributed by atoms with Gasteiger partial charge in [-0.25, -0.2) is 4.98 Å². The van der Waals surface area contributed by atoms with Gasteiger partial charge < -0.3 is 19.4 Å². The van der Waals surface area contributed by atoms with E-state index in [9.17, 15) is 4.79 Å². The summed E-state index contributed by atoms with van der Waals surface area (Å²) < 4.78 is 13.0. The molecule has 0 saturated heterocycles. The molecule has 0 atom stereocenters. The molecule has 1 aromatic carbocycles. The smallest absolute Gasteiger partial charge is 0.260 e. The quantitative estimate of drug-likeness (QED) is 0.713. The third-order valence-corrected chi connectivity index (χ3v) is 4.32. The third kappa shape index (κ3) is 3.59. The summed E-state index contributed by atoms with van der Waals surface area (Å²) in [4.78, 5) is 17.3. The number of benzene rings is 1. The summed E-state index contributed by atoms with van der Waals surface area (Å²) >= 11 is 0. The van der Waals surface area contributed by atoms with E-state index < -0.39 is 0 Å². The molecule has 0 unspecified atom stereocenters. The predicted octanol–water partition coefficient (Wildman–Crippen LogP) is 2.77. The average Bonchev–Trinajstić information content (AvgIpc) is 3.16. The van der Waals surface area contributed by atoms with Gasteiger partial charge in [0.05, 0.1) is 19.3 Å². The van der Waals surface area contributed by atoms with Gasteiger partial charge in [-0.15, -0.1) is 10.2 Å². The number of aryl methyl sites for hydroxylation is 1. The second-order valence-electron chi connectivity index (χ2n) is 6.13. The molecule has 1 aliphatic heterocycles. The maximum absolute atomic E-state index is 12.8. The highest BCUT2D eigenvalue weighted by Crippen LogP contribution is 2.26. The fraction of sp³-hybridized carbons (Fsp3) is 0.263. The molecule has 4 rings (SSSR count). The molecule has 8 heteroatoms. The molecule has 3 aromatic rings. The van der Waals surface area contributed by atoms with Crippen molar-refractivity contribution in [2.45, 2.75) is 19.4 Å². The minimum absolute atomic E-state index is 0.313. The van der Waals surface area contributed by atoms with E-state index in [-0.39, 0.29) is 5.91 Å². The molecular formula is C19H19N5O3. The summed E-state index contributed by atoms with van der Waals surface area (Å²) in [6, 6.07) is 10.6. The Kier molecular flexibility index (Phi) is 4.69. The molecule has 0 aliphatic carbocycles. The van der Waals surface area contributed by atoms with E-state index in [2.05, 4.69) is 20.5 Å². The molecule has 2 aromatic heterocycles. The number of nitrogens with zero attached hydrogens (tertiary/aromatic N) is 4. The van der Waals surface area contributed by atoms with E-state index in [0.717, 1.165) is 19.4 Å². The summed E-state index contributed by atoms with van der Waals surface area (Å²) in [6.07, 6.45) is 3.41. The van der Waals surface area contributed by atoms with E-state index in [4.69, 9.17) is 9.47 Å². The summed E-state index contributed by atoms with van der Waals surface area (Å²) in [5.41, 5.74) is 1.06. The van der Waals surface area contributed by atoms with E-state index in [1.807, 2.05) is 16.7 Å². The highest BCUT2D eigenvalue weighted by molar-refractivity contribution is 6.06. The molecule has 0 fully saturated rings. The summed E-state index contributed by atoms with van der Waals surface area (Å²) in [5.74, 6) is 1.89. The van der Waals surface area contributed by atoms with Gasteiger partial charge in [0.25, 0.3) is 5.91 Å². The van der Waals surface area contributed by atoms with Crippen molar-refractivity contribution in [3.05, 3.63) is 48.3 Å². The van der Waals surface area contributed by atoms with Crippen LogP contribution >= 0.6 is 0 Å². The molecule has 1 amide bonds. The number of hydrogen-bond acceptors (Lipinski definition) is 6. The van der Waals surface area contributed by atoms with Crippen LogP contribution in [0, 0.1) is 0 Å². The molecule has 27 heavy (non-hydrogen) atoms. The molecule has 2 bridgehead atoms. The van der Waals surface area contributed by atoms with Crippen molar-refractivity contribution in [2.24, 2.45) is 0 Å². The molecule has 1 aliphatic rings. The van der Waals surface area contributed by atoms with E-state index >= 15 is 0 Å². The van der Waals surface area contributed by atoms with Gasteiger partial charge in [-0.3, -0.25) is 4.79 Å². The van der Waals surface area contributed by atoms with Crippen LogP contribution in [0.4, 0.5) is 5.82 Å². The number of carbonyl (C=O) groups is 1. The van der Waals surface area contributed by atoms with Crippen molar-refractivity contribution in [1.29, 1.82) is 0 Å². The number of nitrogens with one attached hydrogen (secondary N) is 1. The van der Waals surface area contributed by atoms with Gasteiger partial charge in [0.15, 0.2) is 5.82 Å². The first-order chi connectivity index (χ1) is 13.2. The van der Waals surface area contributed by atoms with E-state index in [1.54, 1.807) is 37.7 Å². The Labute approximate surface area is 156 Å². The molecule has 1 N–H and O–H groups in total. The SMILES string of the molecule is COc1ccc2c(c1)C(=O)Nc1cccc(n1)-c1nncn1CCCCO2. The Hall–Kier alpha value is -3.42. The lowest BCUT2D eigenvalue weighted by Crippen LogP contribution is -2.16. The van der Waals surface area contributed by atoms with Gasteiger partial charge in [0.2, 0.25) is 0 Å². The first-order valence-corrected chi connectivity index (χ1v) is 8.72. The Morgan fingerprint density at radius 2 is 2.15 bits per heavy atom. The molecule has 8 nitrogen and oxygen atoms in total. The Balaban J connectivity index is 1.74. The van der Waals surface area contributed by atoms with Gasteiger partial charge >= 0.3 is 0 Å². The second-order valence-corrected chi connectivity index (χ2v) is 6.13. The van der Waals surface area contributed by atoms with Gasteiger partial charge in [-0.1, -0.05) is 6.07 Å². The van der Waals surface area contributed by atoms with Crippen molar-refractivity contribution in [3.63, 3.8) is 0 Å². The normalized spacial score (nSPS) is 14.2. The molecular weight excluding hydrogens is 346 g/mol. The monoisotopic (exact) mass is 365 g/mol. The number of aromatic nitrogens is 4. The summed E-state index contributed by atoms with van der Waals surface area (Å²) in [7, 11) is 1.56. The zero-order valence-corrected chi connectivity index (χ0v) is 14.9. The highest BCUT2D eigenvalue weighted by atomic mass is 16.5. The number of anilines is 1. The number of fused-ring (bicyclic) bond motifs is 5. The number of methoxy groups -OCH3 is 1. The zero-order chi connectivity index (χ0) is 18.6. The molecule has 138 valence electrons. The van der Waals surface area contributed by atoms with Gasteiger partial charge in [0.1, 0.15) is 29.3 Å². The number of rotatable bonds is 1. The number of ether oxygens (including phenoxy) is 2. The van der Waals surface area contributed by atoms with Crippen molar-refractivity contribution in [1.82, 2.24) is 19.7 Å². The van der Waals surface area contributed by atoms with E-state index in [0.29, 0.717) is 41.0 Å². The first kappa shape index (κ1) is 17.0. The van der Waals surface area contributed by atoms with Crippen LogP contribution in [0.25, 0.3) is 11.5 Å². The fourth-order valence-corrected chi connectivity index (χ4v) is 2.94. The van der Waals surface area contributed by atoms with E-state index in [1.165, 1.54) is 0 Å². The van der Waals surface area contributed by atoms with Crippen molar-refractivity contribution < 1.29 is 14.3 Å². The maximum atomic E-state index is 12.8. The number of hydrogen-bond donors (Lipinski definition) is 1. The Morgan fingerprint density at radius 1 is 1.22 bits per heavy atom. The van der Waals surface area contributed by atoms with Crippen molar-refractivity contribution in [2.75, 3.05) is 19.0 Å². The van der Waals surface area contributed by atoms with Crippen LogP contribution < -0.4 is 14.8 Å². The standard InChI is InChI=1S/C19H19N5O3/c1-26-13-7-8-16-14(11-13)19(25)22-17-6-4-5-15(21-17)18-23-20-12-24(18)9-2-3-10-27-16/h4-8,11-12H,2-3,9-10H2,1H3,(H,21,22,25). The van der Waals surface area contributed by atoms with Crippen LogP contribution in [-0.2, 0) is 6.54 Å². The average molecular weight is 365 g/mol. The second kappa shape index (κ2) is 7.45. The van der Waals surface area contributed by atoms with Crippen molar-refractivity contribution in [3.8, 4) is 23.0 Å². The summed E-state index contributed by atoms with van der Waals surface area (Å²) in [5, 5.41) is 11.0. The topological polar surface area (TPSA) is 91.2 Å². The van der Waals surface area contributed by atoms with Crippen LogP contribution in [0.2, 0.25) is 0 Å². The molecule has 0 saturated carbocycles. The largest absolute Gasteiger partial charge is 0.497 e. The van der Waals surface area contributed by atoms with Crippen molar-refractivity contribution >= 4 is 11.7 Å². The minimum Gasteiger partial charge on any atom is -0.497 e.